The van der Waals surface area contributed by atoms with Crippen LogP contribution in [0.25, 0.3) is 0 Å². The van der Waals surface area contributed by atoms with Crippen molar-refractivity contribution in [1.82, 2.24) is 5.32 Å². The molecule has 3 rings (SSSR count). The predicted octanol–water partition coefficient (Wildman–Crippen LogP) is 2.43. The molecule has 0 bridgehead atoms. The quantitative estimate of drug-likeness (QED) is 0.647. The van der Waals surface area contributed by atoms with Crippen LogP contribution in [-0.2, 0) is 19.6 Å². The minimum atomic E-state index is -3.87. The van der Waals surface area contributed by atoms with Gasteiger partial charge in [0.05, 0.1) is 18.9 Å². The van der Waals surface area contributed by atoms with Crippen LogP contribution < -0.4 is 15.4 Å². The third-order valence-electron chi connectivity index (χ3n) is 3.68. The summed E-state index contributed by atoms with van der Waals surface area (Å²) in [5, 5.41) is 7.43. The second-order valence-corrected chi connectivity index (χ2v) is 8.57. The number of morpholine rings is 1. The molecular weight excluding hydrogens is 417 g/mol. The summed E-state index contributed by atoms with van der Waals surface area (Å²) in [4.78, 5) is 12.1. The van der Waals surface area contributed by atoms with Crippen molar-refractivity contribution in [2.75, 3.05) is 29.8 Å². The maximum absolute atomic E-state index is 14.0. The van der Waals surface area contributed by atoms with E-state index in [1.807, 2.05) is 0 Å². The lowest BCUT2D eigenvalue weighted by Gasteiger charge is -2.23. The van der Waals surface area contributed by atoms with Gasteiger partial charge in [-0.2, -0.15) is 0 Å². The average Bonchev–Trinajstić information content (AvgIpc) is 3.14. The lowest BCUT2D eigenvalue weighted by molar-refractivity contribution is -0.117. The molecular formula is C16H19ClFN3O4S2. The van der Waals surface area contributed by atoms with Gasteiger partial charge in [-0.25, -0.2) is 12.8 Å². The molecule has 1 aliphatic heterocycles. The number of anilines is 2. The number of sulfonamides is 1. The third-order valence-corrected chi connectivity index (χ3v) is 6.45. The zero-order valence-electron chi connectivity index (χ0n) is 14.1. The fourth-order valence-electron chi connectivity index (χ4n) is 2.48. The summed E-state index contributed by atoms with van der Waals surface area (Å²) in [5.41, 5.74) is 0.0762. The molecule has 1 amide bonds. The summed E-state index contributed by atoms with van der Waals surface area (Å²) in [6.07, 6.45) is 0.202. The van der Waals surface area contributed by atoms with Gasteiger partial charge < -0.3 is 15.4 Å². The Morgan fingerprint density at radius 2 is 2.19 bits per heavy atom. The standard InChI is InChI=1S/C16H18FN3O4S2.ClH/c17-13-4-3-11(19-15(21)9-12-10-24-6-5-18-12)8-14(13)20-26(22,23)16-2-1-7-25-16;/h1-4,7-8,12,18,20H,5-6,9-10H2,(H,19,21);1H. The Hall–Kier alpha value is -1.72. The Labute approximate surface area is 166 Å². The number of rotatable bonds is 6. The predicted molar refractivity (Wildman–Crippen MR) is 105 cm³/mol. The fourth-order valence-corrected chi connectivity index (χ4v) is 4.53. The second-order valence-electron chi connectivity index (χ2n) is 5.71. The van der Waals surface area contributed by atoms with Crippen LogP contribution in [0.5, 0.6) is 0 Å². The molecule has 0 radical (unpaired) electrons. The van der Waals surface area contributed by atoms with E-state index < -0.39 is 15.8 Å². The SMILES string of the molecule is Cl.O=C(CC1COCCN1)Nc1ccc(F)c(NS(=O)(=O)c2cccs2)c1. The first-order valence-electron chi connectivity index (χ1n) is 7.91. The van der Waals surface area contributed by atoms with E-state index in [0.29, 0.717) is 25.4 Å². The Bertz CT molecular complexity index is 872. The molecule has 7 nitrogen and oxygen atoms in total. The number of hydrogen-bond donors (Lipinski definition) is 3. The van der Waals surface area contributed by atoms with E-state index in [-0.39, 0.29) is 40.7 Å². The number of ether oxygens (including phenoxy) is 1. The van der Waals surface area contributed by atoms with Crippen molar-refractivity contribution < 1.29 is 22.3 Å². The van der Waals surface area contributed by atoms with Gasteiger partial charge >= 0.3 is 0 Å². The zero-order chi connectivity index (χ0) is 18.6. The lowest BCUT2D eigenvalue weighted by atomic mass is 10.2. The summed E-state index contributed by atoms with van der Waals surface area (Å²) < 4.78 is 46.0. The highest BCUT2D eigenvalue weighted by Crippen LogP contribution is 2.25. The molecule has 11 heteroatoms. The van der Waals surface area contributed by atoms with Crippen molar-refractivity contribution in [2.45, 2.75) is 16.7 Å². The summed E-state index contributed by atoms with van der Waals surface area (Å²) in [7, 11) is -3.87. The number of nitrogens with one attached hydrogen (secondary N) is 3. The van der Waals surface area contributed by atoms with E-state index in [1.165, 1.54) is 18.2 Å². The molecule has 1 atom stereocenters. The van der Waals surface area contributed by atoms with Crippen molar-refractivity contribution in [3.8, 4) is 0 Å². The van der Waals surface area contributed by atoms with E-state index >= 15 is 0 Å². The highest BCUT2D eigenvalue weighted by atomic mass is 35.5. The smallest absolute Gasteiger partial charge is 0.271 e. The van der Waals surface area contributed by atoms with Gasteiger partial charge in [-0.1, -0.05) is 6.07 Å². The van der Waals surface area contributed by atoms with Crippen LogP contribution in [0.3, 0.4) is 0 Å². The molecule has 1 aromatic carbocycles. The maximum Gasteiger partial charge on any atom is 0.271 e. The minimum absolute atomic E-state index is 0. The van der Waals surface area contributed by atoms with Gasteiger partial charge in [0.15, 0.2) is 0 Å². The monoisotopic (exact) mass is 435 g/mol. The molecule has 148 valence electrons. The summed E-state index contributed by atoms with van der Waals surface area (Å²) in [5.74, 6) is -1.00. The average molecular weight is 436 g/mol. The van der Waals surface area contributed by atoms with E-state index in [2.05, 4.69) is 15.4 Å². The highest BCUT2D eigenvalue weighted by Gasteiger charge is 2.19. The molecule has 27 heavy (non-hydrogen) atoms. The van der Waals surface area contributed by atoms with Crippen LogP contribution in [-0.4, -0.2) is 40.1 Å². The van der Waals surface area contributed by atoms with Crippen LogP contribution in [0, 0.1) is 5.82 Å². The third kappa shape index (κ3) is 5.88. The first kappa shape index (κ1) is 21.6. The van der Waals surface area contributed by atoms with Gasteiger partial charge in [-0.05, 0) is 29.6 Å². The Morgan fingerprint density at radius 1 is 1.37 bits per heavy atom. The zero-order valence-corrected chi connectivity index (χ0v) is 16.6. The molecule has 0 spiro atoms. The van der Waals surface area contributed by atoms with Gasteiger partial charge in [-0.3, -0.25) is 9.52 Å². The Morgan fingerprint density at radius 3 is 2.85 bits per heavy atom. The summed E-state index contributed by atoms with van der Waals surface area (Å²) in [6.45, 7) is 1.75. The van der Waals surface area contributed by atoms with Crippen molar-refractivity contribution in [3.63, 3.8) is 0 Å². The van der Waals surface area contributed by atoms with Gasteiger partial charge in [0, 0.05) is 24.7 Å². The minimum Gasteiger partial charge on any atom is -0.378 e. The normalized spacial score (nSPS) is 17.0. The fraction of sp³-hybridized carbons (Fsp3) is 0.312. The summed E-state index contributed by atoms with van der Waals surface area (Å²) in [6, 6.07) is 6.67. The van der Waals surface area contributed by atoms with Gasteiger partial charge in [-0.15, -0.1) is 23.7 Å². The number of halogens is 2. The van der Waals surface area contributed by atoms with Crippen molar-refractivity contribution in [1.29, 1.82) is 0 Å². The molecule has 1 unspecified atom stereocenters. The van der Waals surface area contributed by atoms with Crippen LogP contribution >= 0.6 is 23.7 Å². The van der Waals surface area contributed by atoms with Gasteiger partial charge in [0.25, 0.3) is 10.0 Å². The van der Waals surface area contributed by atoms with Crippen LogP contribution in [0.15, 0.2) is 39.9 Å². The maximum atomic E-state index is 14.0. The molecule has 1 aliphatic rings. The van der Waals surface area contributed by atoms with E-state index in [0.717, 1.165) is 17.4 Å². The molecule has 3 N–H and O–H groups in total. The van der Waals surface area contributed by atoms with E-state index in [4.69, 9.17) is 4.74 Å². The molecule has 0 aliphatic carbocycles. The second kappa shape index (κ2) is 9.47. The topological polar surface area (TPSA) is 96.5 Å². The Balaban J connectivity index is 0.00000261. The van der Waals surface area contributed by atoms with Crippen molar-refractivity contribution >= 4 is 51.0 Å². The number of carbonyl (C=O) groups excluding carboxylic acids is 1. The lowest BCUT2D eigenvalue weighted by Crippen LogP contribution is -2.43. The van der Waals surface area contributed by atoms with Crippen molar-refractivity contribution in [2.24, 2.45) is 0 Å². The van der Waals surface area contributed by atoms with Crippen LogP contribution in [0.1, 0.15) is 6.42 Å². The number of benzene rings is 1. The number of hydrogen-bond acceptors (Lipinski definition) is 6. The van der Waals surface area contributed by atoms with E-state index in [9.17, 15) is 17.6 Å². The highest BCUT2D eigenvalue weighted by molar-refractivity contribution is 7.94. The van der Waals surface area contributed by atoms with E-state index in [1.54, 1.807) is 11.4 Å². The van der Waals surface area contributed by atoms with Gasteiger partial charge in [0.1, 0.15) is 10.0 Å². The number of amides is 1. The van der Waals surface area contributed by atoms with Crippen molar-refractivity contribution in [3.05, 3.63) is 41.5 Å². The molecule has 2 aromatic rings. The molecule has 0 saturated carbocycles. The molecule has 1 aromatic heterocycles. The number of carbonyl (C=O) groups is 1. The Kier molecular flexibility index (Phi) is 7.57. The molecule has 1 saturated heterocycles. The van der Waals surface area contributed by atoms with Crippen LogP contribution in [0.4, 0.5) is 15.8 Å². The largest absolute Gasteiger partial charge is 0.378 e. The summed E-state index contributed by atoms with van der Waals surface area (Å²) >= 11 is 1.03. The van der Waals surface area contributed by atoms with Gasteiger partial charge in [0.2, 0.25) is 5.91 Å². The van der Waals surface area contributed by atoms with Crippen LogP contribution in [0.2, 0.25) is 0 Å². The molecule has 1 fully saturated rings. The first-order valence-corrected chi connectivity index (χ1v) is 10.3. The first-order chi connectivity index (χ1) is 12.4. The number of thiophene rings is 1. The molecule has 2 heterocycles.